The smallest absolute Gasteiger partial charge is 0.180 e. The van der Waals surface area contributed by atoms with E-state index in [0.29, 0.717) is 22.2 Å². The lowest BCUT2D eigenvalue weighted by molar-refractivity contribution is 0.413. The van der Waals surface area contributed by atoms with Gasteiger partial charge in [0.1, 0.15) is 11.6 Å². The van der Waals surface area contributed by atoms with Crippen LogP contribution in [0.5, 0.6) is 5.75 Å². The molecule has 0 aliphatic carbocycles. The van der Waals surface area contributed by atoms with Gasteiger partial charge >= 0.3 is 0 Å². The van der Waals surface area contributed by atoms with E-state index in [2.05, 4.69) is 10.2 Å². The Morgan fingerprint density at radius 2 is 2.04 bits per heavy atom. The van der Waals surface area contributed by atoms with E-state index in [-0.39, 0.29) is 5.02 Å². The molecular weight excluding hydrogens is 337 g/mol. The number of ether oxygens (including phenoxy) is 1. The average Bonchev–Trinajstić information content (AvgIpc) is 2.58. The van der Waals surface area contributed by atoms with Gasteiger partial charge in [0, 0.05) is 5.75 Å². The van der Waals surface area contributed by atoms with E-state index in [9.17, 15) is 4.39 Å². The van der Waals surface area contributed by atoms with Crippen molar-refractivity contribution in [2.24, 2.45) is 15.9 Å². The number of nitrogens with two attached hydrogens (primary N) is 1. The topological polar surface area (TPSA) is 60.0 Å². The minimum Gasteiger partial charge on any atom is -0.496 e. The van der Waals surface area contributed by atoms with Crippen LogP contribution in [-0.4, -0.2) is 18.5 Å². The highest BCUT2D eigenvalue weighted by molar-refractivity contribution is 8.13. The first kappa shape index (κ1) is 17.3. The van der Waals surface area contributed by atoms with Crippen LogP contribution < -0.4 is 10.5 Å². The maximum Gasteiger partial charge on any atom is 0.180 e. The Hall–Kier alpha value is -2.05. The van der Waals surface area contributed by atoms with Crippen molar-refractivity contribution in [3.8, 4) is 5.75 Å². The van der Waals surface area contributed by atoms with Gasteiger partial charge in [-0.1, -0.05) is 53.7 Å². The molecule has 0 saturated carbocycles. The Labute approximate surface area is 143 Å². The molecule has 0 heterocycles. The van der Waals surface area contributed by atoms with Crippen LogP contribution in [0, 0.1) is 5.82 Å². The molecule has 2 aromatic carbocycles. The molecule has 0 bridgehead atoms. The van der Waals surface area contributed by atoms with Crippen molar-refractivity contribution in [2.45, 2.75) is 5.75 Å². The van der Waals surface area contributed by atoms with Crippen LogP contribution in [0.4, 0.5) is 4.39 Å². The summed E-state index contributed by atoms with van der Waals surface area (Å²) >= 11 is 7.26. The van der Waals surface area contributed by atoms with Crippen molar-refractivity contribution in [1.82, 2.24) is 0 Å². The van der Waals surface area contributed by atoms with Gasteiger partial charge in [-0.05, 0) is 17.7 Å². The summed E-state index contributed by atoms with van der Waals surface area (Å²) in [5.41, 5.74) is 7.24. The molecule has 0 aliphatic rings. The number of methoxy groups -OCH3 is 1. The third-order valence-electron chi connectivity index (χ3n) is 2.89. The van der Waals surface area contributed by atoms with Crippen LogP contribution >= 0.6 is 23.4 Å². The van der Waals surface area contributed by atoms with Crippen molar-refractivity contribution in [3.63, 3.8) is 0 Å². The highest BCUT2D eigenvalue weighted by Crippen LogP contribution is 2.27. The Kier molecular flexibility index (Phi) is 6.43. The zero-order valence-corrected chi connectivity index (χ0v) is 13.9. The summed E-state index contributed by atoms with van der Waals surface area (Å²) in [6.07, 6.45) is 1.32. The number of benzene rings is 2. The first-order chi connectivity index (χ1) is 11.1. The number of amidine groups is 1. The normalized spacial score (nSPS) is 11.9. The molecule has 0 aliphatic heterocycles. The van der Waals surface area contributed by atoms with Crippen LogP contribution in [0.15, 0.2) is 52.7 Å². The monoisotopic (exact) mass is 351 g/mol. The summed E-state index contributed by atoms with van der Waals surface area (Å²) in [6, 6.07) is 12.6. The molecule has 120 valence electrons. The van der Waals surface area contributed by atoms with Crippen LogP contribution in [0.2, 0.25) is 5.02 Å². The van der Waals surface area contributed by atoms with E-state index in [1.54, 1.807) is 0 Å². The van der Waals surface area contributed by atoms with Crippen LogP contribution in [0.1, 0.15) is 11.1 Å². The van der Waals surface area contributed by atoms with E-state index in [1.165, 1.54) is 37.2 Å². The van der Waals surface area contributed by atoms with Gasteiger partial charge in [-0.15, -0.1) is 5.10 Å². The second-order valence-electron chi connectivity index (χ2n) is 4.43. The third kappa shape index (κ3) is 4.97. The average molecular weight is 352 g/mol. The number of halogens is 2. The van der Waals surface area contributed by atoms with Crippen LogP contribution in [-0.2, 0) is 5.75 Å². The van der Waals surface area contributed by atoms with Crippen LogP contribution in [0.25, 0.3) is 0 Å². The first-order valence-electron chi connectivity index (χ1n) is 6.67. The third-order valence-corrected chi connectivity index (χ3v) is 4.12. The summed E-state index contributed by atoms with van der Waals surface area (Å²) in [7, 11) is 1.47. The van der Waals surface area contributed by atoms with Gasteiger partial charge in [-0.25, -0.2) is 4.39 Å². The van der Waals surface area contributed by atoms with E-state index in [1.807, 2.05) is 30.3 Å². The summed E-state index contributed by atoms with van der Waals surface area (Å²) in [4.78, 5) is 0. The Morgan fingerprint density at radius 3 is 2.74 bits per heavy atom. The lowest BCUT2D eigenvalue weighted by Crippen LogP contribution is -2.06. The molecule has 0 spiro atoms. The molecule has 4 nitrogen and oxygen atoms in total. The van der Waals surface area contributed by atoms with Crippen LogP contribution in [0.3, 0.4) is 0 Å². The summed E-state index contributed by atoms with van der Waals surface area (Å²) < 4.78 is 18.6. The predicted molar refractivity (Wildman–Crippen MR) is 94.9 cm³/mol. The predicted octanol–water partition coefficient (Wildman–Crippen LogP) is 4.07. The molecular formula is C16H15ClFN3OS. The van der Waals surface area contributed by atoms with E-state index >= 15 is 0 Å². The molecule has 0 saturated heterocycles. The number of hydrogen-bond donors (Lipinski definition) is 1. The SMILES string of the molecule is COc1ccc(F)c(Cl)c1C=NN=C(N)SCc1ccccc1. The Balaban J connectivity index is 2.04. The standard InChI is InChI=1S/C16H15ClFN3OS/c1-22-14-8-7-13(18)15(17)12(14)9-20-21-16(19)23-10-11-5-3-2-4-6-11/h2-9H,10H2,1H3,(H2,19,21). The zero-order chi connectivity index (χ0) is 16.7. The minimum absolute atomic E-state index is 0.0705. The molecule has 0 aromatic heterocycles. The summed E-state index contributed by atoms with van der Waals surface area (Å²) in [6.45, 7) is 0. The van der Waals surface area contributed by atoms with Crippen molar-refractivity contribution >= 4 is 34.7 Å². The molecule has 0 unspecified atom stereocenters. The van der Waals surface area contributed by atoms with Gasteiger partial charge in [-0.3, -0.25) is 0 Å². The van der Waals surface area contributed by atoms with E-state index < -0.39 is 5.82 Å². The lowest BCUT2D eigenvalue weighted by atomic mass is 10.2. The first-order valence-corrected chi connectivity index (χ1v) is 8.03. The Bertz CT molecular complexity index is 723. The van der Waals surface area contributed by atoms with E-state index in [4.69, 9.17) is 22.1 Å². The largest absolute Gasteiger partial charge is 0.496 e. The highest BCUT2D eigenvalue weighted by Gasteiger charge is 2.10. The molecule has 23 heavy (non-hydrogen) atoms. The van der Waals surface area contributed by atoms with Gasteiger partial charge < -0.3 is 10.5 Å². The Morgan fingerprint density at radius 1 is 1.30 bits per heavy atom. The van der Waals surface area contributed by atoms with Gasteiger partial charge in [0.2, 0.25) is 0 Å². The van der Waals surface area contributed by atoms with Crippen molar-refractivity contribution < 1.29 is 9.13 Å². The quantitative estimate of drug-likeness (QED) is 0.502. The molecule has 7 heteroatoms. The highest BCUT2D eigenvalue weighted by atomic mass is 35.5. The molecule has 2 N–H and O–H groups in total. The second kappa shape index (κ2) is 8.55. The lowest BCUT2D eigenvalue weighted by Gasteiger charge is -2.06. The van der Waals surface area contributed by atoms with E-state index in [0.717, 1.165) is 5.56 Å². The molecule has 0 fully saturated rings. The fourth-order valence-corrected chi connectivity index (χ4v) is 2.57. The fraction of sp³-hybridized carbons (Fsp3) is 0.125. The maximum atomic E-state index is 13.5. The van der Waals surface area contributed by atoms with Gasteiger partial charge in [0.05, 0.1) is 23.9 Å². The fourth-order valence-electron chi connectivity index (χ4n) is 1.75. The van der Waals surface area contributed by atoms with Crippen molar-refractivity contribution in [3.05, 3.63) is 64.4 Å². The molecule has 0 amide bonds. The van der Waals surface area contributed by atoms with Crippen molar-refractivity contribution in [1.29, 1.82) is 0 Å². The second-order valence-corrected chi connectivity index (χ2v) is 5.81. The maximum absolute atomic E-state index is 13.5. The number of nitrogens with zero attached hydrogens (tertiary/aromatic N) is 2. The number of rotatable bonds is 5. The zero-order valence-electron chi connectivity index (χ0n) is 12.4. The van der Waals surface area contributed by atoms with Crippen molar-refractivity contribution in [2.75, 3.05) is 7.11 Å². The number of hydrogen-bond acceptors (Lipinski definition) is 4. The number of thioether (sulfide) groups is 1. The van der Waals surface area contributed by atoms with Gasteiger partial charge in [-0.2, -0.15) is 5.10 Å². The minimum atomic E-state index is -0.552. The van der Waals surface area contributed by atoms with Gasteiger partial charge in [0.15, 0.2) is 5.17 Å². The molecule has 0 atom stereocenters. The summed E-state index contributed by atoms with van der Waals surface area (Å²) in [5, 5.41) is 7.95. The summed E-state index contributed by atoms with van der Waals surface area (Å²) in [5.74, 6) is 0.547. The molecule has 0 radical (unpaired) electrons. The molecule has 2 rings (SSSR count). The van der Waals surface area contributed by atoms with Gasteiger partial charge in [0.25, 0.3) is 0 Å². The molecule has 2 aromatic rings.